The van der Waals surface area contributed by atoms with E-state index in [9.17, 15) is 4.39 Å². The van der Waals surface area contributed by atoms with Gasteiger partial charge in [0.2, 0.25) is 0 Å². The molecule has 0 saturated heterocycles. The van der Waals surface area contributed by atoms with E-state index in [0.29, 0.717) is 17.0 Å². The second-order valence-corrected chi connectivity index (χ2v) is 3.30. The zero-order valence-electron chi connectivity index (χ0n) is 8.32. The third-order valence-electron chi connectivity index (χ3n) is 1.94. The summed E-state index contributed by atoms with van der Waals surface area (Å²) in [5.74, 6) is -0.147. The fraction of sp³-hybridized carbons (Fsp3) is 0.100. The molecule has 0 aliphatic rings. The van der Waals surface area contributed by atoms with E-state index in [1.165, 1.54) is 25.7 Å². The maximum absolute atomic E-state index is 13.0. The molecule has 0 radical (unpaired) electrons. The molecule has 0 spiro atoms. The minimum Gasteiger partial charge on any atom is -0.491 e. The van der Waals surface area contributed by atoms with Gasteiger partial charge in [-0.15, -0.1) is 0 Å². The fourth-order valence-electron chi connectivity index (χ4n) is 1.28. The van der Waals surface area contributed by atoms with Gasteiger partial charge in [0, 0.05) is 11.8 Å². The first kappa shape index (κ1) is 10.8. The summed E-state index contributed by atoms with van der Waals surface area (Å²) < 4.78 is 18.1. The number of hydrogen-bond donors (Lipinski definition) is 0. The van der Waals surface area contributed by atoms with Gasteiger partial charge < -0.3 is 4.74 Å². The Morgan fingerprint density at radius 2 is 2.12 bits per heavy atom. The van der Waals surface area contributed by atoms with Crippen LogP contribution in [0.4, 0.5) is 4.39 Å². The summed E-state index contributed by atoms with van der Waals surface area (Å²) in [5, 5.41) is 0.178. The van der Waals surface area contributed by atoms with E-state index in [0.717, 1.165) is 6.20 Å². The second kappa shape index (κ2) is 4.40. The highest BCUT2D eigenvalue weighted by molar-refractivity contribution is 6.31. The molecule has 2 aromatic heterocycles. The number of hydrogen-bond acceptors (Lipinski definition) is 4. The van der Waals surface area contributed by atoms with Crippen molar-refractivity contribution < 1.29 is 9.13 Å². The van der Waals surface area contributed by atoms with E-state index in [1.807, 2.05) is 0 Å². The number of methoxy groups -OCH3 is 1. The highest BCUT2D eigenvalue weighted by Crippen LogP contribution is 2.32. The molecule has 2 rings (SSSR count). The molecule has 0 atom stereocenters. The van der Waals surface area contributed by atoms with Crippen molar-refractivity contribution in [3.05, 3.63) is 35.8 Å². The van der Waals surface area contributed by atoms with Crippen molar-refractivity contribution >= 4 is 11.6 Å². The van der Waals surface area contributed by atoms with Crippen LogP contribution >= 0.6 is 11.6 Å². The van der Waals surface area contributed by atoms with Crippen molar-refractivity contribution in [3.63, 3.8) is 0 Å². The van der Waals surface area contributed by atoms with Gasteiger partial charge in [0.25, 0.3) is 0 Å². The first-order chi connectivity index (χ1) is 7.72. The van der Waals surface area contributed by atoms with Gasteiger partial charge in [0.15, 0.2) is 10.9 Å². The van der Waals surface area contributed by atoms with Gasteiger partial charge in [-0.25, -0.2) is 14.4 Å². The molecule has 6 heteroatoms. The van der Waals surface area contributed by atoms with Gasteiger partial charge in [-0.1, -0.05) is 11.6 Å². The van der Waals surface area contributed by atoms with Crippen LogP contribution in [0.15, 0.2) is 24.8 Å². The molecule has 0 fully saturated rings. The van der Waals surface area contributed by atoms with Gasteiger partial charge in [-0.3, -0.25) is 4.98 Å². The Morgan fingerprint density at radius 3 is 2.81 bits per heavy atom. The summed E-state index contributed by atoms with van der Waals surface area (Å²) in [7, 11) is 1.45. The monoisotopic (exact) mass is 239 g/mol. The van der Waals surface area contributed by atoms with Crippen LogP contribution in [0.25, 0.3) is 11.3 Å². The van der Waals surface area contributed by atoms with E-state index in [1.54, 1.807) is 0 Å². The molecule has 82 valence electrons. The third kappa shape index (κ3) is 1.94. The van der Waals surface area contributed by atoms with Crippen LogP contribution in [0.2, 0.25) is 5.15 Å². The predicted molar refractivity (Wildman–Crippen MR) is 56.8 cm³/mol. The lowest BCUT2D eigenvalue weighted by molar-refractivity contribution is 0.413. The lowest BCUT2D eigenvalue weighted by Crippen LogP contribution is -1.95. The van der Waals surface area contributed by atoms with E-state index >= 15 is 0 Å². The van der Waals surface area contributed by atoms with E-state index in [2.05, 4.69) is 15.0 Å². The normalized spacial score (nSPS) is 10.2. The van der Waals surface area contributed by atoms with E-state index in [-0.39, 0.29) is 5.15 Å². The molecular formula is C10H7ClFN3O. The van der Waals surface area contributed by atoms with Gasteiger partial charge in [0.1, 0.15) is 17.8 Å². The van der Waals surface area contributed by atoms with Crippen LogP contribution in [-0.4, -0.2) is 22.1 Å². The summed E-state index contributed by atoms with van der Waals surface area (Å²) in [4.78, 5) is 11.5. The zero-order chi connectivity index (χ0) is 11.5. The molecule has 2 heterocycles. The number of rotatable bonds is 2. The van der Waals surface area contributed by atoms with Gasteiger partial charge in [0.05, 0.1) is 13.3 Å². The molecule has 0 amide bonds. The van der Waals surface area contributed by atoms with Crippen LogP contribution in [0.1, 0.15) is 0 Å². The first-order valence-corrected chi connectivity index (χ1v) is 4.75. The van der Waals surface area contributed by atoms with Crippen LogP contribution in [0, 0.1) is 5.82 Å². The average Bonchev–Trinajstić information content (AvgIpc) is 2.28. The molecule has 0 N–H and O–H groups in total. The number of ether oxygens (including phenoxy) is 1. The lowest BCUT2D eigenvalue weighted by atomic mass is 10.2. The Hall–Kier alpha value is -1.75. The van der Waals surface area contributed by atoms with Crippen LogP contribution in [-0.2, 0) is 0 Å². The van der Waals surface area contributed by atoms with Crippen LogP contribution < -0.4 is 4.74 Å². The summed E-state index contributed by atoms with van der Waals surface area (Å²) in [6.45, 7) is 0. The maximum Gasteiger partial charge on any atom is 0.182 e. The Labute approximate surface area is 96.1 Å². The lowest BCUT2D eigenvalue weighted by Gasteiger charge is -2.07. The predicted octanol–water partition coefficient (Wildman–Crippen LogP) is 2.34. The van der Waals surface area contributed by atoms with E-state index < -0.39 is 5.82 Å². The SMILES string of the molecule is COc1c(Cl)ncnc1-c1cncc(F)c1. The third-order valence-corrected chi connectivity index (χ3v) is 2.21. The minimum atomic E-state index is -0.450. The molecule has 16 heavy (non-hydrogen) atoms. The summed E-state index contributed by atoms with van der Waals surface area (Å²) in [5.41, 5.74) is 0.899. The van der Waals surface area contributed by atoms with Crippen molar-refractivity contribution in [1.82, 2.24) is 15.0 Å². The number of halogens is 2. The molecule has 0 saturated carbocycles. The second-order valence-electron chi connectivity index (χ2n) is 2.94. The largest absolute Gasteiger partial charge is 0.491 e. The van der Waals surface area contributed by atoms with Gasteiger partial charge in [-0.2, -0.15) is 0 Å². The van der Waals surface area contributed by atoms with Crippen molar-refractivity contribution in [1.29, 1.82) is 0 Å². The maximum atomic E-state index is 13.0. The van der Waals surface area contributed by atoms with Gasteiger partial charge >= 0.3 is 0 Å². The first-order valence-electron chi connectivity index (χ1n) is 4.38. The highest BCUT2D eigenvalue weighted by Gasteiger charge is 2.12. The molecule has 2 aromatic rings. The number of nitrogens with zero attached hydrogens (tertiary/aromatic N) is 3. The topological polar surface area (TPSA) is 47.9 Å². The number of pyridine rings is 1. The minimum absolute atomic E-state index is 0.178. The molecule has 4 nitrogen and oxygen atoms in total. The number of aromatic nitrogens is 3. The van der Waals surface area contributed by atoms with Crippen molar-refractivity contribution in [3.8, 4) is 17.0 Å². The zero-order valence-corrected chi connectivity index (χ0v) is 9.07. The highest BCUT2D eigenvalue weighted by atomic mass is 35.5. The molecule has 0 aliphatic carbocycles. The van der Waals surface area contributed by atoms with Crippen molar-refractivity contribution in [2.45, 2.75) is 0 Å². The molecule has 0 aliphatic heterocycles. The Kier molecular flexibility index (Phi) is 2.96. The standard InChI is InChI=1S/C10H7ClFN3O/c1-16-9-8(14-5-15-10(9)11)6-2-7(12)4-13-3-6/h2-5H,1H3. The van der Waals surface area contributed by atoms with Crippen LogP contribution in [0.3, 0.4) is 0 Å². The molecule has 0 aromatic carbocycles. The quantitative estimate of drug-likeness (QED) is 0.755. The van der Waals surface area contributed by atoms with Crippen LogP contribution in [0.5, 0.6) is 5.75 Å². The molecule has 0 unspecified atom stereocenters. The molecular weight excluding hydrogens is 233 g/mol. The van der Waals surface area contributed by atoms with E-state index in [4.69, 9.17) is 16.3 Å². The fourth-order valence-corrected chi connectivity index (χ4v) is 1.49. The van der Waals surface area contributed by atoms with Crippen molar-refractivity contribution in [2.75, 3.05) is 7.11 Å². The smallest absolute Gasteiger partial charge is 0.182 e. The molecule has 0 bridgehead atoms. The summed E-state index contributed by atoms with van der Waals surface area (Å²) in [6.07, 6.45) is 3.87. The Balaban J connectivity index is 2.60. The average molecular weight is 240 g/mol. The van der Waals surface area contributed by atoms with Crippen molar-refractivity contribution in [2.24, 2.45) is 0 Å². The Morgan fingerprint density at radius 1 is 1.31 bits per heavy atom. The summed E-state index contributed by atoms with van der Waals surface area (Å²) >= 11 is 5.83. The summed E-state index contributed by atoms with van der Waals surface area (Å²) in [6, 6.07) is 1.30. The Bertz CT molecular complexity index is 521. The van der Waals surface area contributed by atoms with Gasteiger partial charge in [-0.05, 0) is 6.07 Å².